The summed E-state index contributed by atoms with van der Waals surface area (Å²) in [4.78, 5) is 12.5. The summed E-state index contributed by atoms with van der Waals surface area (Å²) in [5, 5.41) is 0. The summed E-state index contributed by atoms with van der Waals surface area (Å²) >= 11 is 0. The summed E-state index contributed by atoms with van der Waals surface area (Å²) in [6.45, 7) is 6.91. The molecule has 0 spiro atoms. The molecule has 0 heterocycles. The zero-order valence-corrected chi connectivity index (χ0v) is 16.0. The zero-order valence-electron chi connectivity index (χ0n) is 16.0. The van der Waals surface area contributed by atoms with E-state index in [-0.39, 0.29) is 0 Å². The number of carbonyl (C=O) groups excluding carboxylic acids is 1. The van der Waals surface area contributed by atoms with Crippen LogP contribution in [0.25, 0.3) is 0 Å². The van der Waals surface area contributed by atoms with Crippen molar-refractivity contribution in [3.05, 3.63) is 0 Å². The van der Waals surface area contributed by atoms with E-state index in [9.17, 15) is 4.79 Å². The van der Waals surface area contributed by atoms with E-state index in [4.69, 9.17) is 0 Å². The molecule has 5 rings (SSSR count). The van der Waals surface area contributed by atoms with E-state index in [0.717, 1.165) is 47.3 Å². The summed E-state index contributed by atoms with van der Waals surface area (Å²) in [7, 11) is 0. The zero-order chi connectivity index (χ0) is 16.6. The van der Waals surface area contributed by atoms with Crippen molar-refractivity contribution >= 4 is 5.78 Å². The third kappa shape index (κ3) is 2.15. The van der Waals surface area contributed by atoms with E-state index in [1.807, 2.05) is 6.92 Å². The smallest absolute Gasteiger partial charge is 0.133 e. The fourth-order valence-corrected chi connectivity index (χ4v) is 8.80. The first kappa shape index (κ1) is 15.9. The molecule has 10 unspecified atom stereocenters. The summed E-state index contributed by atoms with van der Waals surface area (Å²) in [6, 6.07) is 0. The van der Waals surface area contributed by atoms with Crippen LogP contribution in [0.15, 0.2) is 0 Å². The molecule has 0 saturated heterocycles. The Balaban J connectivity index is 1.43. The van der Waals surface area contributed by atoms with Crippen LogP contribution in [0.5, 0.6) is 0 Å². The average molecular weight is 329 g/mol. The van der Waals surface area contributed by atoms with E-state index < -0.39 is 0 Å². The number of hydrogen-bond donors (Lipinski definition) is 0. The van der Waals surface area contributed by atoms with Crippen molar-refractivity contribution < 1.29 is 4.79 Å². The highest BCUT2D eigenvalue weighted by Crippen LogP contribution is 2.69. The van der Waals surface area contributed by atoms with Crippen molar-refractivity contribution in [3.63, 3.8) is 0 Å². The Morgan fingerprint density at radius 1 is 0.833 bits per heavy atom. The van der Waals surface area contributed by atoms with Gasteiger partial charge in [-0.2, -0.15) is 0 Å². The number of rotatable bonds is 1. The van der Waals surface area contributed by atoms with Crippen LogP contribution in [0, 0.1) is 58.7 Å². The van der Waals surface area contributed by atoms with Gasteiger partial charge in [-0.3, -0.25) is 4.79 Å². The molecule has 5 aliphatic carbocycles. The number of hydrogen-bond acceptors (Lipinski definition) is 1. The largest absolute Gasteiger partial charge is 0.300 e. The fourth-order valence-electron chi connectivity index (χ4n) is 8.80. The predicted octanol–water partition coefficient (Wildman–Crippen LogP) is 5.73. The van der Waals surface area contributed by atoms with Crippen molar-refractivity contribution in [1.29, 1.82) is 0 Å². The van der Waals surface area contributed by atoms with Crippen LogP contribution >= 0.6 is 0 Å². The lowest BCUT2D eigenvalue weighted by Crippen LogP contribution is -2.54. The molecule has 5 saturated carbocycles. The highest BCUT2D eigenvalue weighted by Gasteiger charge is 2.64. The third-order valence-corrected chi connectivity index (χ3v) is 9.76. The molecule has 0 radical (unpaired) electrons. The first-order valence-corrected chi connectivity index (χ1v) is 11.0. The van der Waals surface area contributed by atoms with Crippen LogP contribution in [0.2, 0.25) is 0 Å². The Labute approximate surface area is 148 Å². The minimum atomic E-state index is 0.347. The SMILES string of the molecule is CC(=O)C1C2CC2CC2C3CCC4CC(C)CCC4C3CCC21C. The van der Waals surface area contributed by atoms with Crippen molar-refractivity contribution in [2.24, 2.45) is 58.7 Å². The normalized spacial score (nSPS) is 58.7. The van der Waals surface area contributed by atoms with Gasteiger partial charge in [0.25, 0.3) is 0 Å². The summed E-state index contributed by atoms with van der Waals surface area (Å²) in [5.74, 6) is 8.51. The third-order valence-electron chi connectivity index (χ3n) is 9.76. The Hall–Kier alpha value is -0.330. The summed E-state index contributed by atoms with van der Waals surface area (Å²) < 4.78 is 0. The van der Waals surface area contributed by atoms with Crippen LogP contribution in [0.1, 0.15) is 78.6 Å². The van der Waals surface area contributed by atoms with Gasteiger partial charge in [0.15, 0.2) is 0 Å². The standard InChI is InChI=1S/C23H36O/c1-13-4-6-17-15(10-13)5-7-19-18(17)8-9-23(3)21(19)12-16-11-20(16)22(23)14(2)24/h13,15-22H,4-12H2,1-3H3. The molecule has 24 heavy (non-hydrogen) atoms. The molecule has 0 aromatic carbocycles. The maximum atomic E-state index is 12.5. The van der Waals surface area contributed by atoms with Crippen LogP contribution in [-0.2, 0) is 4.79 Å². The van der Waals surface area contributed by atoms with Gasteiger partial charge >= 0.3 is 0 Å². The second-order valence-corrected chi connectivity index (χ2v) is 10.9. The maximum Gasteiger partial charge on any atom is 0.133 e. The van der Waals surface area contributed by atoms with Crippen LogP contribution in [0.3, 0.4) is 0 Å². The highest BCUT2D eigenvalue weighted by molar-refractivity contribution is 5.80. The minimum Gasteiger partial charge on any atom is -0.300 e. The molecular formula is C23H36O. The van der Waals surface area contributed by atoms with Gasteiger partial charge < -0.3 is 0 Å². The van der Waals surface area contributed by atoms with E-state index >= 15 is 0 Å². The lowest BCUT2D eigenvalue weighted by molar-refractivity contribution is -0.144. The van der Waals surface area contributed by atoms with Crippen molar-refractivity contribution in [2.75, 3.05) is 0 Å². The minimum absolute atomic E-state index is 0.347. The summed E-state index contributed by atoms with van der Waals surface area (Å²) in [6.07, 6.45) is 13.1. The molecule has 134 valence electrons. The maximum absolute atomic E-state index is 12.5. The molecular weight excluding hydrogens is 292 g/mol. The molecule has 1 nitrogen and oxygen atoms in total. The van der Waals surface area contributed by atoms with E-state index in [1.165, 1.54) is 57.8 Å². The monoisotopic (exact) mass is 328 g/mol. The predicted molar refractivity (Wildman–Crippen MR) is 97.4 cm³/mol. The molecule has 0 N–H and O–H groups in total. The van der Waals surface area contributed by atoms with Gasteiger partial charge in [0.05, 0.1) is 0 Å². The second-order valence-electron chi connectivity index (χ2n) is 10.9. The molecule has 0 aliphatic heterocycles. The average Bonchev–Trinajstić information content (AvgIpc) is 3.29. The number of carbonyl (C=O) groups is 1. The van der Waals surface area contributed by atoms with E-state index in [2.05, 4.69) is 13.8 Å². The van der Waals surface area contributed by atoms with E-state index in [1.54, 1.807) is 0 Å². The first-order chi connectivity index (χ1) is 11.5. The highest BCUT2D eigenvalue weighted by atomic mass is 16.1. The number of fused-ring (bicyclic) bond motifs is 6. The fraction of sp³-hybridized carbons (Fsp3) is 0.957. The molecule has 0 bridgehead atoms. The molecule has 5 fully saturated rings. The van der Waals surface area contributed by atoms with Gasteiger partial charge in [-0.15, -0.1) is 0 Å². The van der Waals surface area contributed by atoms with Crippen LogP contribution in [-0.4, -0.2) is 5.78 Å². The second kappa shape index (κ2) is 5.34. The van der Waals surface area contributed by atoms with Crippen molar-refractivity contribution in [3.8, 4) is 0 Å². The lowest BCUT2D eigenvalue weighted by Gasteiger charge is -2.60. The van der Waals surface area contributed by atoms with Crippen LogP contribution in [0.4, 0.5) is 0 Å². The van der Waals surface area contributed by atoms with Crippen LogP contribution < -0.4 is 0 Å². The topological polar surface area (TPSA) is 17.1 Å². The van der Waals surface area contributed by atoms with Gasteiger partial charge in [-0.25, -0.2) is 0 Å². The van der Waals surface area contributed by atoms with Gasteiger partial charge in [-0.1, -0.05) is 20.3 Å². The van der Waals surface area contributed by atoms with Gasteiger partial charge in [0.2, 0.25) is 0 Å². The summed E-state index contributed by atoms with van der Waals surface area (Å²) in [5.41, 5.74) is 0.347. The molecule has 10 atom stereocenters. The molecule has 0 aromatic heterocycles. The van der Waals surface area contributed by atoms with Crippen molar-refractivity contribution in [1.82, 2.24) is 0 Å². The Morgan fingerprint density at radius 3 is 2.42 bits per heavy atom. The molecule has 0 amide bonds. The van der Waals surface area contributed by atoms with Crippen molar-refractivity contribution in [2.45, 2.75) is 78.6 Å². The van der Waals surface area contributed by atoms with Gasteiger partial charge in [0, 0.05) is 5.92 Å². The molecule has 0 aromatic rings. The number of ketones is 1. The Bertz CT molecular complexity index is 538. The van der Waals surface area contributed by atoms with Gasteiger partial charge in [0.1, 0.15) is 5.78 Å². The Morgan fingerprint density at radius 2 is 1.62 bits per heavy atom. The quantitative estimate of drug-likeness (QED) is 0.601. The Kier molecular flexibility index (Phi) is 3.53. The molecule has 5 aliphatic rings. The lowest BCUT2D eigenvalue weighted by atomic mass is 9.44. The van der Waals surface area contributed by atoms with Gasteiger partial charge in [-0.05, 0) is 111 Å². The molecule has 1 heteroatoms. The first-order valence-electron chi connectivity index (χ1n) is 11.0. The number of Topliss-reactive ketones (excluding diaryl/α,β-unsaturated/α-hetero) is 1. The van der Waals surface area contributed by atoms with E-state index in [0.29, 0.717) is 17.1 Å².